The van der Waals surface area contributed by atoms with E-state index in [9.17, 15) is 9.90 Å². The lowest BCUT2D eigenvalue weighted by Gasteiger charge is -2.21. The molecule has 0 atom stereocenters. The van der Waals surface area contributed by atoms with Gasteiger partial charge in [0.15, 0.2) is 5.17 Å². The fourth-order valence-corrected chi connectivity index (χ4v) is 3.44. The highest BCUT2D eigenvalue weighted by Gasteiger charge is 2.25. The molecular weight excluding hydrogens is 334 g/mol. The van der Waals surface area contributed by atoms with E-state index in [1.54, 1.807) is 11.1 Å². The predicted molar refractivity (Wildman–Crippen MR) is 103 cm³/mol. The molecule has 130 valence electrons. The number of rotatable bonds is 5. The van der Waals surface area contributed by atoms with Crippen LogP contribution in [0.2, 0.25) is 0 Å². The van der Waals surface area contributed by atoms with Gasteiger partial charge in [-0.15, -0.1) is 0 Å². The fraction of sp³-hybridized carbons (Fsp3) is 0.316. The number of benzene rings is 1. The molecule has 0 spiro atoms. The lowest BCUT2D eigenvalue weighted by molar-refractivity contribution is -0.113. The maximum absolute atomic E-state index is 12.2. The molecule has 25 heavy (non-hydrogen) atoms. The number of carbonyl (C=O) groups excluding carboxylic acids is 1. The quantitative estimate of drug-likeness (QED) is 0.657. The van der Waals surface area contributed by atoms with Gasteiger partial charge in [0.05, 0.1) is 10.4 Å². The number of aliphatic hydroxyl groups is 1. The van der Waals surface area contributed by atoms with Crippen LogP contribution in [-0.4, -0.2) is 39.3 Å². The molecule has 1 aliphatic rings. The third-order valence-corrected chi connectivity index (χ3v) is 5.00. The fourth-order valence-electron chi connectivity index (χ4n) is 2.51. The number of thioether (sulfide) groups is 1. The van der Waals surface area contributed by atoms with Crippen molar-refractivity contribution in [3.05, 3.63) is 47.0 Å². The predicted octanol–water partition coefficient (Wildman–Crippen LogP) is 3.50. The molecule has 2 heterocycles. The Morgan fingerprint density at radius 3 is 2.92 bits per heavy atom. The maximum Gasteiger partial charge on any atom is 0.286 e. The van der Waals surface area contributed by atoms with E-state index in [0.29, 0.717) is 22.5 Å². The standard InChI is InChI=1S/C19H21N3O2S/c1-13(2)7-9-22(12-23)19-21-18(24)17(25-19)11-14-5-6-16-15(10-14)4-3-8-20-16/h3-6,8,10-11,13,23H,7,9,12H2,1-2H3/b17-11-. The summed E-state index contributed by atoms with van der Waals surface area (Å²) in [5, 5.41) is 11.2. The van der Waals surface area contributed by atoms with Gasteiger partial charge in [-0.1, -0.05) is 26.0 Å². The summed E-state index contributed by atoms with van der Waals surface area (Å²) in [6.45, 7) is 4.80. The minimum absolute atomic E-state index is 0.138. The number of amides is 1. The van der Waals surface area contributed by atoms with Crippen molar-refractivity contribution in [2.45, 2.75) is 20.3 Å². The van der Waals surface area contributed by atoms with Gasteiger partial charge < -0.3 is 10.0 Å². The van der Waals surface area contributed by atoms with E-state index in [1.165, 1.54) is 11.8 Å². The first-order valence-electron chi connectivity index (χ1n) is 8.30. The van der Waals surface area contributed by atoms with Crippen LogP contribution in [0.15, 0.2) is 46.4 Å². The van der Waals surface area contributed by atoms with E-state index < -0.39 is 0 Å². The molecule has 0 aliphatic carbocycles. The zero-order valence-electron chi connectivity index (χ0n) is 14.3. The van der Waals surface area contributed by atoms with Gasteiger partial charge in [0.1, 0.15) is 6.73 Å². The second-order valence-corrected chi connectivity index (χ2v) is 7.36. The second-order valence-electron chi connectivity index (χ2n) is 6.35. The zero-order chi connectivity index (χ0) is 17.8. The smallest absolute Gasteiger partial charge is 0.286 e. The molecule has 0 radical (unpaired) electrons. The topological polar surface area (TPSA) is 65.8 Å². The Morgan fingerprint density at radius 2 is 2.16 bits per heavy atom. The number of fused-ring (bicyclic) bond motifs is 1. The lowest BCUT2D eigenvalue weighted by Crippen LogP contribution is -2.30. The average molecular weight is 355 g/mol. The molecule has 1 aliphatic heterocycles. The van der Waals surface area contributed by atoms with Crippen LogP contribution in [0.3, 0.4) is 0 Å². The molecule has 0 fully saturated rings. The molecule has 6 heteroatoms. The largest absolute Gasteiger partial charge is 0.376 e. The van der Waals surface area contributed by atoms with E-state index in [0.717, 1.165) is 22.9 Å². The highest BCUT2D eigenvalue weighted by molar-refractivity contribution is 8.18. The number of aliphatic hydroxyl groups excluding tert-OH is 1. The van der Waals surface area contributed by atoms with Crippen LogP contribution in [0.4, 0.5) is 0 Å². The SMILES string of the molecule is CC(C)CCN(CO)C1=NC(=O)/C(=C/c2ccc3ncccc3c2)S1. The van der Waals surface area contributed by atoms with E-state index in [4.69, 9.17) is 0 Å². The zero-order valence-corrected chi connectivity index (χ0v) is 15.2. The number of hydrogen-bond donors (Lipinski definition) is 1. The minimum atomic E-state index is -0.255. The van der Waals surface area contributed by atoms with Crippen molar-refractivity contribution in [2.75, 3.05) is 13.3 Å². The molecule has 1 aromatic heterocycles. The minimum Gasteiger partial charge on any atom is -0.376 e. The van der Waals surface area contributed by atoms with Gasteiger partial charge in [-0.3, -0.25) is 9.78 Å². The van der Waals surface area contributed by atoms with E-state index in [2.05, 4.69) is 23.8 Å². The normalized spacial score (nSPS) is 16.1. The Hall–Kier alpha value is -2.18. The van der Waals surface area contributed by atoms with Crippen LogP contribution < -0.4 is 0 Å². The molecule has 1 aromatic carbocycles. The van der Waals surface area contributed by atoms with Crippen LogP contribution in [-0.2, 0) is 4.79 Å². The number of pyridine rings is 1. The molecule has 0 saturated carbocycles. The molecular formula is C19H21N3O2S. The third-order valence-electron chi connectivity index (χ3n) is 3.95. The molecule has 1 amide bonds. The summed E-state index contributed by atoms with van der Waals surface area (Å²) in [7, 11) is 0. The summed E-state index contributed by atoms with van der Waals surface area (Å²) in [6, 6.07) is 9.77. The number of aromatic nitrogens is 1. The Kier molecular flexibility index (Phi) is 5.50. The highest BCUT2D eigenvalue weighted by atomic mass is 32.2. The Morgan fingerprint density at radius 1 is 1.32 bits per heavy atom. The van der Waals surface area contributed by atoms with Crippen molar-refractivity contribution in [3.63, 3.8) is 0 Å². The van der Waals surface area contributed by atoms with Crippen molar-refractivity contribution in [1.29, 1.82) is 0 Å². The Balaban J connectivity index is 1.77. The molecule has 1 N–H and O–H groups in total. The highest BCUT2D eigenvalue weighted by Crippen LogP contribution is 2.30. The number of aliphatic imine (C=N–C) groups is 1. The molecule has 5 nitrogen and oxygen atoms in total. The van der Waals surface area contributed by atoms with Gasteiger partial charge >= 0.3 is 0 Å². The van der Waals surface area contributed by atoms with Gasteiger partial charge in [-0.25, -0.2) is 0 Å². The van der Waals surface area contributed by atoms with Gasteiger partial charge in [0.2, 0.25) is 0 Å². The summed E-state index contributed by atoms with van der Waals surface area (Å²) in [6.07, 6.45) is 4.54. The molecule has 2 aromatic rings. The third kappa shape index (κ3) is 4.27. The van der Waals surface area contributed by atoms with Gasteiger partial charge in [-0.05, 0) is 53.9 Å². The van der Waals surface area contributed by atoms with Gasteiger partial charge in [0, 0.05) is 18.1 Å². The summed E-state index contributed by atoms with van der Waals surface area (Å²) >= 11 is 1.32. The summed E-state index contributed by atoms with van der Waals surface area (Å²) < 4.78 is 0. The average Bonchev–Trinajstić information content (AvgIpc) is 2.95. The number of hydrogen-bond acceptors (Lipinski definition) is 5. The van der Waals surface area contributed by atoms with E-state index in [-0.39, 0.29) is 12.6 Å². The van der Waals surface area contributed by atoms with Gasteiger partial charge in [-0.2, -0.15) is 4.99 Å². The summed E-state index contributed by atoms with van der Waals surface area (Å²) in [5.41, 5.74) is 1.86. The first kappa shape index (κ1) is 17.6. The Labute approximate surface area is 151 Å². The summed E-state index contributed by atoms with van der Waals surface area (Å²) in [5.74, 6) is 0.271. The number of nitrogens with zero attached hydrogens (tertiary/aromatic N) is 3. The van der Waals surface area contributed by atoms with Crippen LogP contribution in [0.25, 0.3) is 17.0 Å². The van der Waals surface area contributed by atoms with Crippen molar-refractivity contribution >= 4 is 39.8 Å². The van der Waals surface area contributed by atoms with Crippen molar-refractivity contribution in [3.8, 4) is 0 Å². The second kappa shape index (κ2) is 7.80. The van der Waals surface area contributed by atoms with Gasteiger partial charge in [0.25, 0.3) is 5.91 Å². The first-order chi connectivity index (χ1) is 12.1. The molecule has 0 unspecified atom stereocenters. The van der Waals surface area contributed by atoms with Crippen molar-refractivity contribution < 1.29 is 9.90 Å². The maximum atomic E-state index is 12.2. The number of amidine groups is 1. The molecule has 3 rings (SSSR count). The van der Waals surface area contributed by atoms with Crippen molar-refractivity contribution in [1.82, 2.24) is 9.88 Å². The molecule has 0 bridgehead atoms. The van der Waals surface area contributed by atoms with Crippen LogP contribution >= 0.6 is 11.8 Å². The lowest BCUT2D eigenvalue weighted by atomic mass is 10.1. The summed E-state index contributed by atoms with van der Waals surface area (Å²) in [4.78, 5) is 22.9. The number of carbonyl (C=O) groups is 1. The van der Waals surface area contributed by atoms with Crippen molar-refractivity contribution in [2.24, 2.45) is 10.9 Å². The van der Waals surface area contributed by atoms with Crippen LogP contribution in [0.5, 0.6) is 0 Å². The van der Waals surface area contributed by atoms with E-state index >= 15 is 0 Å². The van der Waals surface area contributed by atoms with Crippen LogP contribution in [0.1, 0.15) is 25.8 Å². The first-order valence-corrected chi connectivity index (χ1v) is 9.11. The molecule has 0 saturated heterocycles. The van der Waals surface area contributed by atoms with Crippen LogP contribution in [0, 0.1) is 5.92 Å². The Bertz CT molecular complexity index is 845. The van der Waals surface area contributed by atoms with E-state index in [1.807, 2.05) is 36.4 Å². The monoisotopic (exact) mass is 355 g/mol.